The molecule has 0 fully saturated rings. The molecule has 7 heteroatoms. The van der Waals surface area contributed by atoms with Gasteiger partial charge in [-0.25, -0.2) is 9.69 Å². The number of benzene rings is 3. The molecule has 0 saturated heterocycles. The van der Waals surface area contributed by atoms with Crippen LogP contribution < -0.4 is 9.64 Å². The predicted molar refractivity (Wildman–Crippen MR) is 111 cm³/mol. The van der Waals surface area contributed by atoms with Gasteiger partial charge in [0.15, 0.2) is 5.75 Å². The number of ether oxygens (including phenoxy) is 1. The van der Waals surface area contributed by atoms with Crippen LogP contribution in [0.4, 0.5) is 5.69 Å². The van der Waals surface area contributed by atoms with Crippen molar-refractivity contribution in [3.05, 3.63) is 72.3 Å². The smallest absolute Gasteiger partial charge is 0.339 e. The van der Waals surface area contributed by atoms with E-state index in [2.05, 4.69) is 0 Å². The summed E-state index contributed by atoms with van der Waals surface area (Å²) in [4.78, 5) is 36.4. The van der Waals surface area contributed by atoms with Gasteiger partial charge in [0, 0.05) is 19.9 Å². The third-order valence-corrected chi connectivity index (χ3v) is 4.36. The Bertz CT molecular complexity index is 1110. The Balaban J connectivity index is 2.09. The average Bonchev–Trinajstić information content (AvgIpc) is 2.69. The molecule has 0 saturated carbocycles. The molecule has 2 amide bonds. The van der Waals surface area contributed by atoms with Gasteiger partial charge in [0.05, 0.1) is 5.69 Å². The molecule has 0 aliphatic heterocycles. The second-order valence-corrected chi connectivity index (χ2v) is 6.51. The summed E-state index contributed by atoms with van der Waals surface area (Å²) in [5.74, 6) is -2.35. The van der Waals surface area contributed by atoms with Gasteiger partial charge in [0.1, 0.15) is 17.1 Å². The Morgan fingerprint density at radius 1 is 0.833 bits per heavy atom. The van der Waals surface area contributed by atoms with E-state index in [9.17, 15) is 19.5 Å². The molecule has 3 rings (SSSR count). The molecular weight excluding hydrogens is 386 g/mol. The van der Waals surface area contributed by atoms with Crippen molar-refractivity contribution >= 4 is 23.5 Å². The predicted octanol–water partition coefficient (Wildman–Crippen LogP) is 4.45. The van der Waals surface area contributed by atoms with Crippen LogP contribution in [0.15, 0.2) is 66.7 Å². The van der Waals surface area contributed by atoms with Crippen LogP contribution in [0.3, 0.4) is 0 Å². The minimum atomic E-state index is -1.27. The zero-order chi connectivity index (χ0) is 21.8. The fourth-order valence-electron chi connectivity index (χ4n) is 3.03. The normalized spacial score (nSPS) is 10.3. The molecule has 0 unspecified atom stereocenters. The van der Waals surface area contributed by atoms with Crippen molar-refractivity contribution in [3.8, 4) is 28.4 Å². The van der Waals surface area contributed by atoms with Gasteiger partial charge < -0.3 is 14.9 Å². The van der Waals surface area contributed by atoms with E-state index in [0.717, 1.165) is 22.1 Å². The first-order valence-electron chi connectivity index (χ1n) is 9.03. The number of anilines is 1. The molecule has 0 heterocycles. The molecule has 0 atom stereocenters. The van der Waals surface area contributed by atoms with Crippen LogP contribution in [0.25, 0.3) is 11.1 Å². The Morgan fingerprint density at radius 3 is 2.07 bits per heavy atom. The summed E-state index contributed by atoms with van der Waals surface area (Å²) in [6.45, 7) is 2.54. The lowest BCUT2D eigenvalue weighted by Gasteiger charge is -2.22. The van der Waals surface area contributed by atoms with Gasteiger partial charge in [0.25, 0.3) is 0 Å². The van der Waals surface area contributed by atoms with Crippen LogP contribution >= 0.6 is 0 Å². The molecule has 3 aromatic rings. The lowest BCUT2D eigenvalue weighted by atomic mass is 10.0. The Hall–Kier alpha value is -4.13. The van der Waals surface area contributed by atoms with Gasteiger partial charge in [-0.3, -0.25) is 9.59 Å². The number of carboxylic acids is 1. The summed E-state index contributed by atoms with van der Waals surface area (Å²) in [5.41, 5.74) is 1.63. The number of aromatic carboxylic acids is 1. The van der Waals surface area contributed by atoms with Crippen LogP contribution in [0.1, 0.15) is 24.2 Å². The third-order valence-electron chi connectivity index (χ3n) is 4.36. The van der Waals surface area contributed by atoms with Crippen LogP contribution in [0.5, 0.6) is 17.2 Å². The van der Waals surface area contributed by atoms with Crippen molar-refractivity contribution in [1.82, 2.24) is 0 Å². The van der Waals surface area contributed by atoms with E-state index in [4.69, 9.17) is 9.84 Å². The monoisotopic (exact) mass is 405 g/mol. The van der Waals surface area contributed by atoms with E-state index in [1.807, 2.05) is 30.3 Å². The number of rotatable bonds is 5. The van der Waals surface area contributed by atoms with E-state index >= 15 is 0 Å². The van der Waals surface area contributed by atoms with Crippen LogP contribution in [-0.4, -0.2) is 28.0 Å². The average molecular weight is 405 g/mol. The molecule has 0 aliphatic carbocycles. The first-order chi connectivity index (χ1) is 14.3. The first-order valence-corrected chi connectivity index (χ1v) is 9.03. The number of nitrogens with zero attached hydrogens (tertiary/aromatic N) is 1. The Morgan fingerprint density at radius 2 is 1.50 bits per heavy atom. The maximum atomic E-state index is 12.2. The van der Waals surface area contributed by atoms with Gasteiger partial charge in [0.2, 0.25) is 11.8 Å². The summed E-state index contributed by atoms with van der Waals surface area (Å²) < 4.78 is 5.80. The third kappa shape index (κ3) is 4.30. The van der Waals surface area contributed by atoms with Gasteiger partial charge >= 0.3 is 5.97 Å². The zero-order valence-corrected chi connectivity index (χ0v) is 16.3. The van der Waals surface area contributed by atoms with E-state index in [1.165, 1.54) is 26.0 Å². The molecule has 152 valence electrons. The van der Waals surface area contributed by atoms with Gasteiger partial charge in [-0.2, -0.15) is 0 Å². The number of amides is 2. The fourth-order valence-corrected chi connectivity index (χ4v) is 3.03. The van der Waals surface area contributed by atoms with E-state index in [-0.39, 0.29) is 22.7 Å². The maximum absolute atomic E-state index is 12.2. The molecule has 0 aliphatic rings. The number of phenols is 1. The highest BCUT2D eigenvalue weighted by molar-refractivity contribution is 6.14. The second kappa shape index (κ2) is 8.48. The standard InChI is InChI=1S/C23H19NO6/c1-14(25)24(15(2)26)20-12-17(16-6-4-3-5-7-16)8-11-22(20)30-18-9-10-19(23(28)29)21(27)13-18/h3-13,27H,1-2H3,(H,28,29). The first kappa shape index (κ1) is 20.6. The molecule has 0 radical (unpaired) electrons. The number of hydrogen-bond donors (Lipinski definition) is 2. The highest BCUT2D eigenvalue weighted by Crippen LogP contribution is 2.37. The SMILES string of the molecule is CC(=O)N(C(C)=O)c1cc(-c2ccccc2)ccc1Oc1ccc(C(=O)O)c(O)c1. The molecule has 0 aromatic heterocycles. The zero-order valence-electron chi connectivity index (χ0n) is 16.3. The van der Waals surface area contributed by atoms with Gasteiger partial charge in [-0.05, 0) is 35.4 Å². The minimum absolute atomic E-state index is 0.151. The number of hydrogen-bond acceptors (Lipinski definition) is 5. The Labute approximate surface area is 172 Å². The summed E-state index contributed by atoms with van der Waals surface area (Å²) >= 11 is 0. The van der Waals surface area contributed by atoms with Crippen molar-refractivity contribution < 1.29 is 29.3 Å². The van der Waals surface area contributed by atoms with Crippen molar-refractivity contribution in [3.63, 3.8) is 0 Å². The number of aromatic hydroxyl groups is 1. The van der Waals surface area contributed by atoms with Crippen molar-refractivity contribution in [2.24, 2.45) is 0 Å². The largest absolute Gasteiger partial charge is 0.507 e. The molecule has 7 nitrogen and oxygen atoms in total. The highest BCUT2D eigenvalue weighted by Gasteiger charge is 2.22. The summed E-state index contributed by atoms with van der Waals surface area (Å²) in [5, 5.41) is 18.9. The van der Waals surface area contributed by atoms with E-state index < -0.39 is 23.5 Å². The molecule has 30 heavy (non-hydrogen) atoms. The molecular formula is C23H19NO6. The van der Waals surface area contributed by atoms with Crippen molar-refractivity contribution in [1.29, 1.82) is 0 Å². The summed E-state index contributed by atoms with van der Waals surface area (Å²) in [6, 6.07) is 18.2. The van der Waals surface area contributed by atoms with E-state index in [1.54, 1.807) is 18.2 Å². The minimum Gasteiger partial charge on any atom is -0.507 e. The van der Waals surface area contributed by atoms with Crippen LogP contribution in [0, 0.1) is 0 Å². The molecule has 2 N–H and O–H groups in total. The number of carbonyl (C=O) groups is 3. The maximum Gasteiger partial charge on any atom is 0.339 e. The van der Waals surface area contributed by atoms with Crippen molar-refractivity contribution in [2.75, 3.05) is 4.90 Å². The van der Waals surface area contributed by atoms with Crippen LogP contribution in [-0.2, 0) is 9.59 Å². The van der Waals surface area contributed by atoms with E-state index in [0.29, 0.717) is 0 Å². The second-order valence-electron chi connectivity index (χ2n) is 6.51. The number of carboxylic acid groups (broad SMARTS) is 1. The van der Waals surface area contributed by atoms with Gasteiger partial charge in [-0.15, -0.1) is 0 Å². The Kier molecular flexibility index (Phi) is 5.83. The van der Waals surface area contributed by atoms with Gasteiger partial charge in [-0.1, -0.05) is 36.4 Å². The number of imide groups is 1. The van der Waals surface area contributed by atoms with Crippen molar-refractivity contribution in [2.45, 2.75) is 13.8 Å². The molecule has 0 spiro atoms. The highest BCUT2D eigenvalue weighted by atomic mass is 16.5. The number of carbonyl (C=O) groups excluding carboxylic acids is 2. The molecule has 3 aromatic carbocycles. The molecule has 0 bridgehead atoms. The lowest BCUT2D eigenvalue weighted by Crippen LogP contribution is -2.33. The summed E-state index contributed by atoms with van der Waals surface area (Å²) in [6.07, 6.45) is 0. The fraction of sp³-hybridized carbons (Fsp3) is 0.0870. The van der Waals surface area contributed by atoms with Crippen LogP contribution in [0.2, 0.25) is 0 Å². The quantitative estimate of drug-likeness (QED) is 0.650. The summed E-state index contributed by atoms with van der Waals surface area (Å²) in [7, 11) is 0. The topological polar surface area (TPSA) is 104 Å². The lowest BCUT2D eigenvalue weighted by molar-refractivity contribution is -0.124.